The first kappa shape index (κ1) is 21.2. The fraction of sp³-hybridized carbons (Fsp3) is 0.765. The van der Waals surface area contributed by atoms with Gasteiger partial charge in [-0.05, 0) is 38.9 Å². The SMILES string of the molecule is CN=C(NCCCN(C)C1CCCCC1)NCc1ccnn1C.I. The molecule has 0 saturated heterocycles. The third-order valence-corrected chi connectivity index (χ3v) is 4.76. The van der Waals surface area contributed by atoms with Crippen LogP contribution in [-0.4, -0.2) is 53.9 Å². The zero-order valence-electron chi connectivity index (χ0n) is 15.3. The molecule has 1 saturated carbocycles. The summed E-state index contributed by atoms with van der Waals surface area (Å²) in [4.78, 5) is 6.81. The highest BCUT2D eigenvalue weighted by molar-refractivity contribution is 14.0. The van der Waals surface area contributed by atoms with Crippen LogP contribution < -0.4 is 10.6 Å². The van der Waals surface area contributed by atoms with Crippen LogP contribution in [-0.2, 0) is 13.6 Å². The zero-order valence-corrected chi connectivity index (χ0v) is 17.6. The highest BCUT2D eigenvalue weighted by atomic mass is 127. The topological polar surface area (TPSA) is 57.5 Å². The number of nitrogens with zero attached hydrogens (tertiary/aromatic N) is 4. The summed E-state index contributed by atoms with van der Waals surface area (Å²) < 4.78 is 1.87. The second kappa shape index (κ2) is 11.7. The summed E-state index contributed by atoms with van der Waals surface area (Å²) in [5.74, 6) is 0.853. The summed E-state index contributed by atoms with van der Waals surface area (Å²) in [5, 5.41) is 10.9. The van der Waals surface area contributed by atoms with Crippen LogP contribution in [0.5, 0.6) is 0 Å². The smallest absolute Gasteiger partial charge is 0.191 e. The van der Waals surface area contributed by atoms with Gasteiger partial charge in [-0.25, -0.2) is 0 Å². The van der Waals surface area contributed by atoms with Gasteiger partial charge in [0.05, 0.1) is 12.2 Å². The molecule has 1 aromatic rings. The summed E-state index contributed by atoms with van der Waals surface area (Å²) in [5.41, 5.74) is 1.14. The Morgan fingerprint density at radius 1 is 1.33 bits per heavy atom. The molecule has 1 aromatic heterocycles. The molecule has 1 aliphatic rings. The summed E-state index contributed by atoms with van der Waals surface area (Å²) in [6.07, 6.45) is 9.92. The van der Waals surface area contributed by atoms with Crippen LogP contribution in [0.1, 0.15) is 44.2 Å². The maximum Gasteiger partial charge on any atom is 0.191 e. The number of halogens is 1. The number of guanidine groups is 1. The minimum Gasteiger partial charge on any atom is -0.356 e. The normalized spacial score (nSPS) is 16.1. The van der Waals surface area contributed by atoms with E-state index in [9.17, 15) is 0 Å². The second-order valence-corrected chi connectivity index (χ2v) is 6.42. The largest absolute Gasteiger partial charge is 0.356 e. The molecule has 1 fully saturated rings. The van der Waals surface area contributed by atoms with E-state index in [2.05, 4.69) is 32.7 Å². The minimum atomic E-state index is 0. The van der Waals surface area contributed by atoms with E-state index in [0.717, 1.165) is 43.8 Å². The van der Waals surface area contributed by atoms with Crippen LogP contribution in [0.15, 0.2) is 17.3 Å². The number of aryl methyl sites for hydroxylation is 1. The van der Waals surface area contributed by atoms with Crippen molar-refractivity contribution in [3.8, 4) is 0 Å². The van der Waals surface area contributed by atoms with Gasteiger partial charge in [-0.2, -0.15) is 5.10 Å². The molecular formula is C17H33IN6. The first-order valence-electron chi connectivity index (χ1n) is 8.82. The molecule has 6 nitrogen and oxygen atoms in total. The van der Waals surface area contributed by atoms with Crippen molar-refractivity contribution >= 4 is 29.9 Å². The number of hydrogen-bond acceptors (Lipinski definition) is 3. The number of rotatable bonds is 7. The molecular weight excluding hydrogens is 415 g/mol. The monoisotopic (exact) mass is 448 g/mol. The van der Waals surface area contributed by atoms with Gasteiger partial charge in [0, 0.05) is 32.9 Å². The Balaban J connectivity index is 0.00000288. The lowest BCUT2D eigenvalue weighted by Crippen LogP contribution is -2.39. The lowest BCUT2D eigenvalue weighted by Gasteiger charge is -2.31. The van der Waals surface area contributed by atoms with Gasteiger partial charge in [0.25, 0.3) is 0 Å². The van der Waals surface area contributed by atoms with E-state index in [4.69, 9.17) is 0 Å². The van der Waals surface area contributed by atoms with Gasteiger partial charge in [-0.15, -0.1) is 24.0 Å². The first-order chi connectivity index (χ1) is 11.2. The maximum atomic E-state index is 4.27. The Labute approximate surface area is 163 Å². The van der Waals surface area contributed by atoms with Crippen molar-refractivity contribution in [2.45, 2.75) is 51.1 Å². The summed E-state index contributed by atoms with van der Waals surface area (Å²) in [6, 6.07) is 2.81. The summed E-state index contributed by atoms with van der Waals surface area (Å²) >= 11 is 0. The number of nitrogens with one attached hydrogen (secondary N) is 2. The molecule has 0 atom stereocenters. The molecule has 1 aliphatic carbocycles. The van der Waals surface area contributed by atoms with Crippen molar-refractivity contribution < 1.29 is 0 Å². The van der Waals surface area contributed by atoms with Crippen LogP contribution in [0.4, 0.5) is 0 Å². The van der Waals surface area contributed by atoms with E-state index in [-0.39, 0.29) is 24.0 Å². The predicted octanol–water partition coefficient (Wildman–Crippen LogP) is 2.36. The van der Waals surface area contributed by atoms with Gasteiger partial charge in [-0.1, -0.05) is 19.3 Å². The lowest BCUT2D eigenvalue weighted by atomic mass is 9.94. The molecule has 7 heteroatoms. The van der Waals surface area contributed by atoms with E-state index in [1.165, 1.54) is 32.1 Å². The Kier molecular flexibility index (Phi) is 10.3. The highest BCUT2D eigenvalue weighted by Gasteiger charge is 2.17. The third-order valence-electron chi connectivity index (χ3n) is 4.76. The summed E-state index contributed by atoms with van der Waals surface area (Å²) in [6.45, 7) is 2.83. The van der Waals surface area contributed by atoms with Gasteiger partial charge in [0.2, 0.25) is 0 Å². The van der Waals surface area contributed by atoms with Crippen molar-refractivity contribution in [3.05, 3.63) is 18.0 Å². The average molecular weight is 448 g/mol. The van der Waals surface area contributed by atoms with E-state index < -0.39 is 0 Å². The van der Waals surface area contributed by atoms with E-state index in [0.29, 0.717) is 0 Å². The molecule has 0 amide bonds. The predicted molar refractivity (Wildman–Crippen MR) is 111 cm³/mol. The van der Waals surface area contributed by atoms with Gasteiger partial charge in [0.15, 0.2) is 5.96 Å². The van der Waals surface area contributed by atoms with Crippen molar-refractivity contribution in [3.63, 3.8) is 0 Å². The molecule has 0 spiro atoms. The van der Waals surface area contributed by atoms with Gasteiger partial charge in [-0.3, -0.25) is 9.67 Å². The number of hydrogen-bond donors (Lipinski definition) is 2. The fourth-order valence-electron chi connectivity index (χ4n) is 3.21. The number of aromatic nitrogens is 2. The van der Waals surface area contributed by atoms with Crippen LogP contribution in [0.3, 0.4) is 0 Å². The lowest BCUT2D eigenvalue weighted by molar-refractivity contribution is 0.190. The number of aliphatic imine (C=N–C) groups is 1. The van der Waals surface area contributed by atoms with Crippen LogP contribution in [0, 0.1) is 0 Å². The Bertz CT molecular complexity index is 481. The van der Waals surface area contributed by atoms with Crippen LogP contribution >= 0.6 is 24.0 Å². The van der Waals surface area contributed by atoms with E-state index in [1.54, 1.807) is 0 Å². The molecule has 0 bridgehead atoms. The molecule has 2 rings (SSSR count). The maximum absolute atomic E-state index is 4.27. The van der Waals surface area contributed by atoms with Crippen molar-refractivity contribution in [1.82, 2.24) is 25.3 Å². The standard InChI is InChI=1S/C17H32N6.HI/c1-18-17(20-14-16-10-12-21-23(16)3)19-11-7-13-22(2)15-8-5-4-6-9-15;/h10,12,15H,4-9,11,13-14H2,1-3H3,(H2,18,19,20);1H. The quantitative estimate of drug-likeness (QED) is 0.291. The Hall–Kier alpha value is -0.830. The molecule has 138 valence electrons. The molecule has 2 N–H and O–H groups in total. The molecule has 0 radical (unpaired) electrons. The zero-order chi connectivity index (χ0) is 16.5. The highest BCUT2D eigenvalue weighted by Crippen LogP contribution is 2.21. The third kappa shape index (κ3) is 6.96. The van der Waals surface area contributed by atoms with Crippen molar-refractivity contribution in [1.29, 1.82) is 0 Å². The fourth-order valence-corrected chi connectivity index (χ4v) is 3.21. The molecule has 24 heavy (non-hydrogen) atoms. The van der Waals surface area contributed by atoms with E-state index >= 15 is 0 Å². The molecule has 1 heterocycles. The molecule has 0 aliphatic heterocycles. The van der Waals surface area contributed by atoms with Crippen LogP contribution in [0.25, 0.3) is 0 Å². The first-order valence-corrected chi connectivity index (χ1v) is 8.82. The van der Waals surface area contributed by atoms with Crippen molar-refractivity contribution in [2.75, 3.05) is 27.2 Å². The second-order valence-electron chi connectivity index (χ2n) is 6.42. The minimum absolute atomic E-state index is 0. The Morgan fingerprint density at radius 2 is 2.08 bits per heavy atom. The summed E-state index contributed by atoms with van der Waals surface area (Å²) in [7, 11) is 6.03. The van der Waals surface area contributed by atoms with Crippen molar-refractivity contribution in [2.24, 2.45) is 12.0 Å². The van der Waals surface area contributed by atoms with Gasteiger partial charge < -0.3 is 15.5 Å². The van der Waals surface area contributed by atoms with E-state index in [1.807, 2.05) is 31.0 Å². The van der Waals surface area contributed by atoms with Gasteiger partial charge in [0.1, 0.15) is 0 Å². The average Bonchev–Trinajstić information content (AvgIpc) is 3.00. The van der Waals surface area contributed by atoms with Crippen LogP contribution in [0.2, 0.25) is 0 Å². The van der Waals surface area contributed by atoms with Gasteiger partial charge >= 0.3 is 0 Å². The molecule has 0 aromatic carbocycles. The Morgan fingerprint density at radius 3 is 2.71 bits per heavy atom. The molecule has 0 unspecified atom stereocenters.